The molecule has 0 N–H and O–H groups in total. The topological polar surface area (TPSA) is 18.5 Å². The molecule has 0 bridgehead atoms. The molecular formula is C16H22O2S2. The zero-order valence-corrected chi connectivity index (χ0v) is 13.4. The molecule has 0 aliphatic carbocycles. The summed E-state index contributed by atoms with van der Waals surface area (Å²) in [5, 5.41) is 8.20. The normalized spacial score (nSPS) is 10.6. The van der Waals surface area contributed by atoms with E-state index in [1.807, 2.05) is 33.7 Å². The van der Waals surface area contributed by atoms with Crippen molar-refractivity contribution in [3.63, 3.8) is 0 Å². The van der Waals surface area contributed by atoms with Crippen LogP contribution in [0.15, 0.2) is 33.7 Å². The van der Waals surface area contributed by atoms with E-state index in [-0.39, 0.29) is 0 Å². The molecule has 0 aromatic carbocycles. The first-order valence-corrected chi connectivity index (χ1v) is 9.14. The second-order valence-corrected chi connectivity index (χ2v) is 6.30. The molecule has 0 fully saturated rings. The number of unbranched alkanes of at least 4 members (excludes halogenated alkanes) is 5. The maximum absolute atomic E-state index is 5.62. The average Bonchev–Trinajstić information content (AvgIpc) is 3.14. The summed E-state index contributed by atoms with van der Waals surface area (Å²) in [6.07, 6.45) is 7.42. The van der Waals surface area contributed by atoms with Crippen LogP contribution < -0.4 is 9.47 Å². The van der Waals surface area contributed by atoms with Crippen LogP contribution in [0.4, 0.5) is 0 Å². The van der Waals surface area contributed by atoms with Gasteiger partial charge in [-0.2, -0.15) is 0 Å². The molecule has 0 aliphatic rings. The van der Waals surface area contributed by atoms with Crippen molar-refractivity contribution < 1.29 is 9.47 Å². The highest BCUT2D eigenvalue weighted by Crippen LogP contribution is 2.16. The summed E-state index contributed by atoms with van der Waals surface area (Å²) >= 11 is 3.36. The second kappa shape index (κ2) is 9.83. The fraction of sp³-hybridized carbons (Fsp3) is 0.500. The average molecular weight is 310 g/mol. The third kappa shape index (κ3) is 6.44. The van der Waals surface area contributed by atoms with Crippen LogP contribution in [0.25, 0.3) is 0 Å². The Morgan fingerprint density at radius 1 is 0.650 bits per heavy atom. The summed E-state index contributed by atoms with van der Waals surface area (Å²) in [7, 11) is 0. The van der Waals surface area contributed by atoms with E-state index in [0.717, 1.165) is 37.6 Å². The van der Waals surface area contributed by atoms with Gasteiger partial charge in [0.1, 0.15) is 11.5 Å². The highest BCUT2D eigenvalue weighted by atomic mass is 32.1. The Labute approximate surface area is 129 Å². The minimum Gasteiger partial charge on any atom is -0.493 e. The quantitative estimate of drug-likeness (QED) is 0.502. The zero-order valence-electron chi connectivity index (χ0n) is 11.8. The van der Waals surface area contributed by atoms with Gasteiger partial charge in [0.05, 0.1) is 13.2 Å². The summed E-state index contributed by atoms with van der Waals surface area (Å²) in [6.45, 7) is 1.69. The Morgan fingerprint density at radius 3 is 1.50 bits per heavy atom. The van der Waals surface area contributed by atoms with Gasteiger partial charge in [-0.05, 0) is 35.7 Å². The van der Waals surface area contributed by atoms with Crippen molar-refractivity contribution in [2.45, 2.75) is 38.5 Å². The smallest absolute Gasteiger partial charge is 0.129 e. The largest absolute Gasteiger partial charge is 0.493 e. The fourth-order valence-corrected chi connectivity index (χ4v) is 3.10. The van der Waals surface area contributed by atoms with E-state index in [1.54, 1.807) is 22.7 Å². The van der Waals surface area contributed by atoms with E-state index in [9.17, 15) is 0 Å². The predicted octanol–water partition coefficient (Wildman–Crippen LogP) is 5.61. The second-order valence-electron chi connectivity index (χ2n) is 4.74. The molecule has 2 rings (SSSR count). The Morgan fingerprint density at radius 2 is 1.10 bits per heavy atom. The van der Waals surface area contributed by atoms with Crippen LogP contribution >= 0.6 is 22.7 Å². The van der Waals surface area contributed by atoms with E-state index < -0.39 is 0 Å². The van der Waals surface area contributed by atoms with Crippen LogP contribution in [-0.2, 0) is 0 Å². The van der Waals surface area contributed by atoms with E-state index in [1.165, 1.54) is 25.7 Å². The van der Waals surface area contributed by atoms with Crippen LogP contribution in [0.1, 0.15) is 38.5 Å². The summed E-state index contributed by atoms with van der Waals surface area (Å²) in [5.74, 6) is 2.03. The van der Waals surface area contributed by atoms with Crippen molar-refractivity contribution in [1.29, 1.82) is 0 Å². The summed E-state index contributed by atoms with van der Waals surface area (Å²) in [6, 6.07) is 4.05. The van der Waals surface area contributed by atoms with E-state index in [0.29, 0.717) is 0 Å². The number of hydrogen-bond acceptors (Lipinski definition) is 4. The van der Waals surface area contributed by atoms with E-state index >= 15 is 0 Å². The van der Waals surface area contributed by atoms with Crippen molar-refractivity contribution in [1.82, 2.24) is 0 Å². The summed E-state index contributed by atoms with van der Waals surface area (Å²) < 4.78 is 11.2. The van der Waals surface area contributed by atoms with Gasteiger partial charge in [0.25, 0.3) is 0 Å². The van der Waals surface area contributed by atoms with Crippen molar-refractivity contribution in [3.8, 4) is 11.5 Å². The Hall–Kier alpha value is -1.00. The van der Waals surface area contributed by atoms with Gasteiger partial charge >= 0.3 is 0 Å². The van der Waals surface area contributed by atoms with Crippen molar-refractivity contribution in [2.75, 3.05) is 13.2 Å². The van der Waals surface area contributed by atoms with Crippen LogP contribution in [-0.4, -0.2) is 13.2 Å². The van der Waals surface area contributed by atoms with E-state index in [2.05, 4.69) is 0 Å². The number of thiophene rings is 2. The first-order chi connectivity index (χ1) is 9.95. The maximum atomic E-state index is 5.62. The minimum atomic E-state index is 0.845. The Bertz CT molecular complexity index is 381. The van der Waals surface area contributed by atoms with Gasteiger partial charge in [-0.25, -0.2) is 0 Å². The Kier molecular flexibility index (Phi) is 7.57. The molecule has 0 spiro atoms. The van der Waals surface area contributed by atoms with Crippen LogP contribution in [0.2, 0.25) is 0 Å². The lowest BCUT2D eigenvalue weighted by Crippen LogP contribution is -1.97. The molecule has 0 aliphatic heterocycles. The standard InChI is InChI=1S/C16H22O2S2/c1(3-5-9-17-15-7-11-19-13-15)2-4-6-10-18-16-8-12-20-14-16/h7-8,11-14H,1-6,9-10H2. The number of rotatable bonds is 11. The van der Waals surface area contributed by atoms with Gasteiger partial charge in [0, 0.05) is 10.8 Å². The molecule has 0 radical (unpaired) electrons. The summed E-state index contributed by atoms with van der Waals surface area (Å²) in [5.41, 5.74) is 0. The van der Waals surface area contributed by atoms with Crippen molar-refractivity contribution in [3.05, 3.63) is 33.7 Å². The molecule has 2 aromatic rings. The third-order valence-corrected chi connectivity index (χ3v) is 4.39. The van der Waals surface area contributed by atoms with Gasteiger partial charge in [0.15, 0.2) is 0 Å². The molecule has 0 amide bonds. The van der Waals surface area contributed by atoms with Crippen molar-refractivity contribution >= 4 is 22.7 Å². The van der Waals surface area contributed by atoms with Crippen LogP contribution in [0.3, 0.4) is 0 Å². The van der Waals surface area contributed by atoms with Crippen molar-refractivity contribution in [2.24, 2.45) is 0 Å². The molecule has 20 heavy (non-hydrogen) atoms. The summed E-state index contributed by atoms with van der Waals surface area (Å²) in [4.78, 5) is 0. The first-order valence-electron chi connectivity index (χ1n) is 7.25. The van der Waals surface area contributed by atoms with Gasteiger partial charge in [-0.3, -0.25) is 0 Å². The molecule has 0 atom stereocenters. The SMILES string of the molecule is c1cc(OCCCCCCCCOc2ccsc2)cs1. The Balaban J connectivity index is 1.33. The third-order valence-electron chi connectivity index (χ3n) is 3.07. The van der Waals surface area contributed by atoms with Gasteiger partial charge in [-0.15, -0.1) is 22.7 Å². The molecular weight excluding hydrogens is 288 g/mol. The van der Waals surface area contributed by atoms with Gasteiger partial charge in [-0.1, -0.05) is 25.7 Å². The van der Waals surface area contributed by atoms with Gasteiger partial charge < -0.3 is 9.47 Å². The van der Waals surface area contributed by atoms with Crippen LogP contribution in [0, 0.1) is 0 Å². The molecule has 2 aromatic heterocycles. The monoisotopic (exact) mass is 310 g/mol. The zero-order chi connectivity index (χ0) is 13.9. The number of hydrogen-bond donors (Lipinski definition) is 0. The number of ether oxygens (including phenoxy) is 2. The first kappa shape index (κ1) is 15.4. The van der Waals surface area contributed by atoms with Crippen LogP contribution in [0.5, 0.6) is 11.5 Å². The lowest BCUT2D eigenvalue weighted by atomic mass is 10.1. The highest BCUT2D eigenvalue weighted by Gasteiger charge is 1.96. The predicted molar refractivity (Wildman–Crippen MR) is 87.3 cm³/mol. The highest BCUT2D eigenvalue weighted by molar-refractivity contribution is 7.08. The molecule has 0 unspecified atom stereocenters. The minimum absolute atomic E-state index is 0.845. The molecule has 4 heteroatoms. The molecule has 0 saturated carbocycles. The fourth-order valence-electron chi connectivity index (χ4n) is 1.96. The molecule has 2 nitrogen and oxygen atoms in total. The van der Waals surface area contributed by atoms with E-state index in [4.69, 9.17) is 9.47 Å². The van der Waals surface area contributed by atoms with Gasteiger partial charge in [0.2, 0.25) is 0 Å². The lowest BCUT2D eigenvalue weighted by molar-refractivity contribution is 0.298. The molecule has 2 heterocycles. The molecule has 0 saturated heterocycles. The molecule has 110 valence electrons. The lowest BCUT2D eigenvalue weighted by Gasteiger charge is -2.05. The maximum Gasteiger partial charge on any atom is 0.129 e.